The van der Waals surface area contributed by atoms with Crippen LogP contribution in [0.25, 0.3) is 0 Å². The Morgan fingerprint density at radius 3 is 2.00 bits per heavy atom. The Morgan fingerprint density at radius 2 is 2.00 bits per heavy atom. The van der Waals surface area contributed by atoms with Gasteiger partial charge in [-0.15, -0.1) is 16.7 Å². The van der Waals surface area contributed by atoms with E-state index in [0.29, 0.717) is 0 Å². The normalized spacial score (nSPS) is 11.3. The van der Waals surface area contributed by atoms with Crippen LogP contribution < -0.4 is 0 Å². The van der Waals surface area contributed by atoms with Gasteiger partial charge < -0.3 is 0 Å². The minimum absolute atomic E-state index is 0.431. The number of hydrogen-bond acceptors (Lipinski definition) is 3. The van der Waals surface area contributed by atoms with Crippen LogP contribution >= 0.6 is 11.8 Å². The second-order valence-corrected chi connectivity index (χ2v) is 3.15. The number of rotatable bonds is 2. The van der Waals surface area contributed by atoms with Crippen molar-refractivity contribution in [2.75, 3.05) is 6.26 Å². The van der Waals surface area contributed by atoms with Crippen molar-refractivity contribution >= 4 is 11.8 Å². The van der Waals surface area contributed by atoms with Gasteiger partial charge in [-0.05, 0) is 20.1 Å². The van der Waals surface area contributed by atoms with E-state index in [1.165, 1.54) is 11.8 Å². The van der Waals surface area contributed by atoms with Gasteiger partial charge in [-0.2, -0.15) is 0 Å². The van der Waals surface area contributed by atoms with Crippen molar-refractivity contribution in [3.8, 4) is 0 Å². The van der Waals surface area contributed by atoms with E-state index in [4.69, 9.17) is 0 Å². The first kappa shape index (κ1) is 6.95. The number of nitrogens with zero attached hydrogens (tertiary/aromatic N) is 1. The molecular weight excluding hydrogens is 110 g/mol. The highest BCUT2D eigenvalue weighted by Crippen LogP contribution is 2.21. The van der Waals surface area contributed by atoms with Crippen LogP contribution in [0.15, 0.2) is 5.18 Å². The fourth-order valence-electron chi connectivity index (χ4n) is 0.0373. The van der Waals surface area contributed by atoms with Crippen molar-refractivity contribution in [2.45, 2.75) is 18.7 Å². The van der Waals surface area contributed by atoms with Crippen LogP contribution in [0, 0.1) is 4.91 Å². The van der Waals surface area contributed by atoms with E-state index in [9.17, 15) is 4.91 Å². The van der Waals surface area contributed by atoms with Gasteiger partial charge in [0.05, 0.1) is 0 Å². The Morgan fingerprint density at radius 1 is 1.57 bits per heavy atom. The van der Waals surface area contributed by atoms with Gasteiger partial charge in [0.2, 0.25) is 0 Å². The second kappa shape index (κ2) is 2.31. The van der Waals surface area contributed by atoms with Gasteiger partial charge in [0.15, 0.2) is 0 Å². The summed E-state index contributed by atoms with van der Waals surface area (Å²) < 4.78 is 0. The molecule has 0 N–H and O–H groups in total. The first-order valence-electron chi connectivity index (χ1n) is 2.02. The lowest BCUT2D eigenvalue weighted by atomic mass is 10.4. The van der Waals surface area contributed by atoms with Crippen LogP contribution in [0.4, 0.5) is 0 Å². The quantitative estimate of drug-likeness (QED) is 0.519. The Kier molecular flexibility index (Phi) is 2.29. The summed E-state index contributed by atoms with van der Waals surface area (Å²) in [5.41, 5.74) is 0. The first-order valence-corrected chi connectivity index (χ1v) is 3.24. The van der Waals surface area contributed by atoms with Crippen LogP contribution in [0.2, 0.25) is 0 Å². The lowest BCUT2D eigenvalue weighted by Gasteiger charge is -2.08. The molecule has 3 heteroatoms. The highest BCUT2D eigenvalue weighted by molar-refractivity contribution is 7.99. The van der Waals surface area contributed by atoms with Gasteiger partial charge in [0.25, 0.3) is 0 Å². The smallest absolute Gasteiger partial charge is 0.142 e. The molecule has 0 saturated carbocycles. The number of hydrogen-bond donors (Lipinski definition) is 0. The number of thioether (sulfide) groups is 1. The van der Waals surface area contributed by atoms with E-state index in [1.807, 2.05) is 6.26 Å². The van der Waals surface area contributed by atoms with Crippen LogP contribution in [0.3, 0.4) is 0 Å². The summed E-state index contributed by atoms with van der Waals surface area (Å²) in [6, 6.07) is 0. The topological polar surface area (TPSA) is 29.4 Å². The number of nitroso groups, excluding NO2 is 1. The monoisotopic (exact) mass is 119 g/mol. The zero-order valence-corrected chi connectivity index (χ0v) is 5.58. The van der Waals surface area contributed by atoms with Gasteiger partial charge in [-0.1, -0.05) is 5.18 Å². The predicted octanol–water partition coefficient (Wildman–Crippen LogP) is 1.85. The van der Waals surface area contributed by atoms with Gasteiger partial charge in [0, 0.05) is 0 Å². The molecule has 0 atom stereocenters. The van der Waals surface area contributed by atoms with E-state index in [1.54, 1.807) is 13.8 Å². The highest BCUT2D eigenvalue weighted by Gasteiger charge is 2.13. The molecule has 0 aromatic heterocycles. The molecular formula is C4H9NOS. The molecule has 0 unspecified atom stereocenters. The lowest BCUT2D eigenvalue weighted by Crippen LogP contribution is -2.07. The van der Waals surface area contributed by atoms with Crippen LogP contribution in [0.5, 0.6) is 0 Å². The third-order valence-corrected chi connectivity index (χ3v) is 1.79. The average molecular weight is 119 g/mol. The van der Waals surface area contributed by atoms with Crippen molar-refractivity contribution in [2.24, 2.45) is 5.18 Å². The molecule has 0 aromatic carbocycles. The summed E-state index contributed by atoms with van der Waals surface area (Å²) in [5.74, 6) is 0. The van der Waals surface area contributed by atoms with Crippen LogP contribution in [-0.4, -0.2) is 11.1 Å². The zero-order valence-electron chi connectivity index (χ0n) is 4.76. The third kappa shape index (κ3) is 2.62. The standard InChI is InChI=1S/C4H9NOS/c1-4(2,5-6)7-3/h1-3H3. The van der Waals surface area contributed by atoms with Crippen LogP contribution in [0.1, 0.15) is 13.8 Å². The molecule has 42 valence electrons. The van der Waals surface area contributed by atoms with E-state index in [2.05, 4.69) is 5.18 Å². The fraction of sp³-hybridized carbons (Fsp3) is 1.00. The van der Waals surface area contributed by atoms with E-state index in [-0.39, 0.29) is 0 Å². The molecule has 0 radical (unpaired) electrons. The SMILES string of the molecule is CSC(C)(C)N=O. The van der Waals surface area contributed by atoms with Gasteiger partial charge in [-0.25, -0.2) is 0 Å². The van der Waals surface area contributed by atoms with Crippen molar-refractivity contribution in [1.82, 2.24) is 0 Å². The van der Waals surface area contributed by atoms with Gasteiger partial charge >= 0.3 is 0 Å². The van der Waals surface area contributed by atoms with Crippen LogP contribution in [-0.2, 0) is 0 Å². The fourth-order valence-corrected chi connectivity index (χ4v) is 0.112. The molecule has 0 saturated heterocycles. The lowest BCUT2D eigenvalue weighted by molar-refractivity contribution is 0.756. The Hall–Kier alpha value is -0.0500. The molecule has 0 aromatic rings. The predicted molar refractivity (Wildman–Crippen MR) is 33.4 cm³/mol. The zero-order chi connectivity index (χ0) is 5.91. The second-order valence-electron chi connectivity index (χ2n) is 1.74. The maximum Gasteiger partial charge on any atom is 0.142 e. The molecule has 7 heavy (non-hydrogen) atoms. The Labute approximate surface area is 47.7 Å². The molecule has 0 amide bonds. The molecule has 0 heterocycles. The largest absolute Gasteiger partial charge is 0.149 e. The third-order valence-electron chi connectivity index (χ3n) is 0.719. The summed E-state index contributed by atoms with van der Waals surface area (Å²) in [7, 11) is 0. The van der Waals surface area contributed by atoms with E-state index in [0.717, 1.165) is 0 Å². The summed E-state index contributed by atoms with van der Waals surface area (Å²) in [6.07, 6.45) is 1.86. The molecule has 0 bridgehead atoms. The van der Waals surface area contributed by atoms with Crippen molar-refractivity contribution in [1.29, 1.82) is 0 Å². The first-order chi connectivity index (χ1) is 3.12. The van der Waals surface area contributed by atoms with Gasteiger partial charge in [0.1, 0.15) is 4.87 Å². The summed E-state index contributed by atoms with van der Waals surface area (Å²) in [5, 5.41) is 2.85. The van der Waals surface area contributed by atoms with Crippen molar-refractivity contribution in [3.05, 3.63) is 4.91 Å². The minimum Gasteiger partial charge on any atom is -0.149 e. The molecule has 2 nitrogen and oxygen atoms in total. The van der Waals surface area contributed by atoms with E-state index < -0.39 is 4.87 Å². The van der Waals surface area contributed by atoms with Gasteiger partial charge in [-0.3, -0.25) is 0 Å². The average Bonchev–Trinajstić information content (AvgIpc) is 1.68. The van der Waals surface area contributed by atoms with Crippen molar-refractivity contribution in [3.63, 3.8) is 0 Å². The Balaban J connectivity index is 3.58. The maximum atomic E-state index is 9.79. The molecule has 0 aliphatic rings. The maximum absolute atomic E-state index is 9.79. The highest BCUT2D eigenvalue weighted by atomic mass is 32.2. The summed E-state index contributed by atoms with van der Waals surface area (Å²) in [6.45, 7) is 3.56. The van der Waals surface area contributed by atoms with Crippen molar-refractivity contribution < 1.29 is 0 Å². The summed E-state index contributed by atoms with van der Waals surface area (Å²) in [4.78, 5) is 9.36. The molecule has 0 spiro atoms. The molecule has 0 rings (SSSR count). The molecule has 0 fully saturated rings. The Bertz CT molecular complexity index is 72.1. The molecule has 0 aliphatic heterocycles. The summed E-state index contributed by atoms with van der Waals surface area (Å²) >= 11 is 1.45. The van der Waals surface area contributed by atoms with E-state index >= 15 is 0 Å². The molecule has 0 aliphatic carbocycles. The minimum atomic E-state index is -0.431.